The molecule has 26 heavy (non-hydrogen) atoms. The van der Waals surface area contributed by atoms with E-state index in [0.717, 1.165) is 5.56 Å². The Hall–Kier alpha value is -3.73. The van der Waals surface area contributed by atoms with Gasteiger partial charge in [-0.15, -0.1) is 0 Å². The molecule has 0 aromatic heterocycles. The third-order valence-electron chi connectivity index (χ3n) is 3.61. The summed E-state index contributed by atoms with van der Waals surface area (Å²) in [5, 5.41) is 28.9. The molecule has 0 atom stereocenters. The van der Waals surface area contributed by atoms with Crippen molar-refractivity contribution < 1.29 is 24.9 Å². The number of phenols is 3. The number of para-hydroxylation sites is 1. The molecule has 0 unspecified atom stereocenters. The van der Waals surface area contributed by atoms with Crippen LogP contribution in [0, 0.1) is 0 Å². The van der Waals surface area contributed by atoms with E-state index < -0.39 is 5.97 Å². The highest BCUT2D eigenvalue weighted by Gasteiger charge is 2.13. The van der Waals surface area contributed by atoms with E-state index in [1.165, 1.54) is 24.3 Å². The number of hydrogen-bond acceptors (Lipinski definition) is 5. The van der Waals surface area contributed by atoms with Crippen LogP contribution in [0.2, 0.25) is 0 Å². The molecule has 0 aliphatic heterocycles. The summed E-state index contributed by atoms with van der Waals surface area (Å²) in [5.41, 5.74) is 1.52. The maximum atomic E-state index is 12.2. The zero-order valence-corrected chi connectivity index (χ0v) is 13.7. The predicted molar refractivity (Wildman–Crippen MR) is 98.2 cm³/mol. The zero-order valence-electron chi connectivity index (χ0n) is 13.7. The van der Waals surface area contributed by atoms with Crippen molar-refractivity contribution in [3.8, 4) is 23.0 Å². The van der Waals surface area contributed by atoms with Gasteiger partial charge in [-0.25, -0.2) is 4.79 Å². The molecule has 0 bridgehead atoms. The van der Waals surface area contributed by atoms with E-state index >= 15 is 0 Å². The fourth-order valence-corrected chi connectivity index (χ4v) is 2.35. The van der Waals surface area contributed by atoms with Crippen LogP contribution in [0.1, 0.15) is 21.5 Å². The average Bonchev–Trinajstić information content (AvgIpc) is 2.61. The number of rotatable bonds is 4. The van der Waals surface area contributed by atoms with Crippen molar-refractivity contribution >= 4 is 18.1 Å². The Morgan fingerprint density at radius 3 is 2.19 bits per heavy atom. The lowest BCUT2D eigenvalue weighted by Gasteiger charge is -2.07. The molecule has 0 aliphatic rings. The maximum Gasteiger partial charge on any atom is 0.347 e. The van der Waals surface area contributed by atoms with Gasteiger partial charge in [0.15, 0.2) is 0 Å². The minimum atomic E-state index is -0.720. The molecule has 130 valence electrons. The molecule has 0 spiro atoms. The van der Waals surface area contributed by atoms with Crippen LogP contribution >= 0.6 is 0 Å². The van der Waals surface area contributed by atoms with Crippen LogP contribution in [0.15, 0.2) is 66.7 Å². The molecule has 0 radical (unpaired) electrons. The van der Waals surface area contributed by atoms with Gasteiger partial charge >= 0.3 is 5.97 Å². The standard InChI is InChI=1S/C21H16O5/c22-16-9-7-14(8-10-16)5-6-15-11-17(23)13-18(12-15)26-21(25)19-3-1-2-4-20(19)24/h1-13,22-24H. The smallest absolute Gasteiger partial charge is 0.347 e. The lowest BCUT2D eigenvalue weighted by molar-refractivity contribution is 0.0731. The predicted octanol–water partition coefficient (Wildman–Crippen LogP) is 4.19. The SMILES string of the molecule is O=C(Oc1cc(O)cc(C=Cc2ccc(O)cc2)c1)c1ccccc1O. The van der Waals surface area contributed by atoms with E-state index in [-0.39, 0.29) is 28.6 Å². The second-order valence-electron chi connectivity index (χ2n) is 5.59. The number of hydrogen-bond donors (Lipinski definition) is 3. The minimum Gasteiger partial charge on any atom is -0.508 e. The lowest BCUT2D eigenvalue weighted by atomic mass is 10.1. The van der Waals surface area contributed by atoms with Gasteiger partial charge in [0.25, 0.3) is 0 Å². The number of ether oxygens (including phenoxy) is 1. The molecule has 5 nitrogen and oxygen atoms in total. The van der Waals surface area contributed by atoms with Crippen LogP contribution in [0.4, 0.5) is 0 Å². The average molecular weight is 348 g/mol. The monoisotopic (exact) mass is 348 g/mol. The third kappa shape index (κ3) is 4.21. The van der Waals surface area contributed by atoms with Crippen LogP contribution in [0.3, 0.4) is 0 Å². The first-order valence-corrected chi connectivity index (χ1v) is 7.82. The molecule has 0 saturated heterocycles. The summed E-state index contributed by atoms with van der Waals surface area (Å²) in [6.45, 7) is 0. The Kier molecular flexibility index (Phi) is 4.90. The van der Waals surface area contributed by atoms with Crippen LogP contribution < -0.4 is 4.74 Å². The topological polar surface area (TPSA) is 87.0 Å². The largest absolute Gasteiger partial charge is 0.508 e. The summed E-state index contributed by atoms with van der Waals surface area (Å²) < 4.78 is 5.24. The second kappa shape index (κ2) is 7.44. The molecule has 3 N–H and O–H groups in total. The number of carbonyl (C=O) groups excluding carboxylic acids is 1. The molecule has 0 heterocycles. The van der Waals surface area contributed by atoms with Gasteiger partial charge < -0.3 is 20.1 Å². The normalized spacial score (nSPS) is 10.8. The Labute approximate surface area is 150 Å². The van der Waals surface area contributed by atoms with Gasteiger partial charge in [-0.1, -0.05) is 36.4 Å². The molecule has 0 amide bonds. The summed E-state index contributed by atoms with van der Waals surface area (Å²) in [7, 11) is 0. The van der Waals surface area contributed by atoms with Crippen LogP contribution in [-0.4, -0.2) is 21.3 Å². The van der Waals surface area contributed by atoms with Crippen LogP contribution in [0.25, 0.3) is 12.2 Å². The molecule has 3 rings (SSSR count). The molecular formula is C21H16O5. The Morgan fingerprint density at radius 1 is 0.769 bits per heavy atom. The van der Waals surface area contributed by atoms with Gasteiger partial charge in [0.1, 0.15) is 28.6 Å². The first-order chi connectivity index (χ1) is 12.5. The quantitative estimate of drug-likeness (QED) is 0.374. The fraction of sp³-hybridized carbons (Fsp3) is 0. The van der Waals surface area contributed by atoms with Crippen molar-refractivity contribution in [2.24, 2.45) is 0 Å². The summed E-state index contributed by atoms with van der Waals surface area (Å²) in [5.74, 6) is -0.619. The molecule has 3 aromatic carbocycles. The first-order valence-electron chi connectivity index (χ1n) is 7.82. The first kappa shape index (κ1) is 17.1. The summed E-state index contributed by atoms with van der Waals surface area (Å²) in [4.78, 5) is 12.2. The number of carbonyl (C=O) groups is 1. The van der Waals surface area contributed by atoms with Crippen LogP contribution in [-0.2, 0) is 0 Å². The summed E-state index contributed by atoms with van der Waals surface area (Å²) >= 11 is 0. The maximum absolute atomic E-state index is 12.2. The molecular weight excluding hydrogens is 332 g/mol. The Bertz CT molecular complexity index is 958. The van der Waals surface area contributed by atoms with Gasteiger partial charge in [-0.05, 0) is 47.5 Å². The van der Waals surface area contributed by atoms with E-state index in [2.05, 4.69) is 0 Å². The van der Waals surface area contributed by atoms with E-state index in [1.807, 2.05) is 0 Å². The van der Waals surface area contributed by atoms with Crippen molar-refractivity contribution in [3.63, 3.8) is 0 Å². The number of benzene rings is 3. The fourth-order valence-electron chi connectivity index (χ4n) is 2.35. The highest BCUT2D eigenvalue weighted by Crippen LogP contribution is 2.25. The molecule has 3 aromatic rings. The van der Waals surface area contributed by atoms with Gasteiger partial charge in [0.2, 0.25) is 0 Å². The Morgan fingerprint density at radius 2 is 1.46 bits per heavy atom. The number of phenolic OH excluding ortho intramolecular Hbond substituents is 3. The van der Waals surface area contributed by atoms with Crippen molar-refractivity contribution in [2.75, 3.05) is 0 Å². The third-order valence-corrected chi connectivity index (χ3v) is 3.61. The van der Waals surface area contributed by atoms with Crippen molar-refractivity contribution in [1.29, 1.82) is 0 Å². The molecule has 0 fully saturated rings. The highest BCUT2D eigenvalue weighted by molar-refractivity contribution is 5.93. The van der Waals surface area contributed by atoms with Crippen molar-refractivity contribution in [3.05, 3.63) is 83.4 Å². The zero-order chi connectivity index (χ0) is 18.5. The van der Waals surface area contributed by atoms with E-state index in [1.54, 1.807) is 54.6 Å². The molecule has 0 saturated carbocycles. The lowest BCUT2D eigenvalue weighted by Crippen LogP contribution is -2.08. The minimum absolute atomic E-state index is 0.0389. The van der Waals surface area contributed by atoms with Crippen molar-refractivity contribution in [1.82, 2.24) is 0 Å². The Balaban J connectivity index is 1.80. The van der Waals surface area contributed by atoms with E-state index in [4.69, 9.17) is 4.74 Å². The van der Waals surface area contributed by atoms with Gasteiger partial charge in [-0.2, -0.15) is 0 Å². The number of aromatic hydroxyl groups is 3. The van der Waals surface area contributed by atoms with Gasteiger partial charge in [0, 0.05) is 6.07 Å². The summed E-state index contributed by atoms with van der Waals surface area (Å²) in [6, 6.07) is 17.1. The summed E-state index contributed by atoms with van der Waals surface area (Å²) in [6.07, 6.45) is 3.53. The van der Waals surface area contributed by atoms with E-state index in [0.29, 0.717) is 5.56 Å². The van der Waals surface area contributed by atoms with Crippen LogP contribution in [0.5, 0.6) is 23.0 Å². The van der Waals surface area contributed by atoms with Gasteiger partial charge in [-0.3, -0.25) is 0 Å². The van der Waals surface area contributed by atoms with Gasteiger partial charge in [0.05, 0.1) is 0 Å². The molecule has 5 heteroatoms. The van der Waals surface area contributed by atoms with E-state index in [9.17, 15) is 20.1 Å². The number of esters is 1. The highest BCUT2D eigenvalue weighted by atomic mass is 16.5. The second-order valence-corrected chi connectivity index (χ2v) is 5.59. The van der Waals surface area contributed by atoms with Crippen molar-refractivity contribution in [2.45, 2.75) is 0 Å². The molecule has 0 aliphatic carbocycles.